The van der Waals surface area contributed by atoms with Crippen molar-refractivity contribution in [1.29, 1.82) is 0 Å². The molecule has 5 unspecified atom stereocenters. The summed E-state index contributed by atoms with van der Waals surface area (Å²) in [5.74, 6) is -2.80. The van der Waals surface area contributed by atoms with Crippen LogP contribution in [0.3, 0.4) is 0 Å². The van der Waals surface area contributed by atoms with Crippen molar-refractivity contribution in [2.45, 2.75) is 128 Å². The molecule has 3 aliphatic rings. The summed E-state index contributed by atoms with van der Waals surface area (Å²) >= 11 is 0. The molecule has 3 fully saturated rings. The van der Waals surface area contributed by atoms with Crippen molar-refractivity contribution in [3.8, 4) is 0 Å². The summed E-state index contributed by atoms with van der Waals surface area (Å²) in [6, 6.07) is 3.32. The number of sulfonamides is 1. The monoisotopic (exact) mass is 731 g/mol. The molecule has 51 heavy (non-hydrogen) atoms. The fourth-order valence-corrected chi connectivity index (χ4v) is 7.68. The lowest BCUT2D eigenvalue weighted by Crippen LogP contribution is -2.60. The molecule has 5 amide bonds. The van der Waals surface area contributed by atoms with Crippen LogP contribution in [0.4, 0.5) is 15.3 Å². The molecule has 1 heterocycles. The lowest BCUT2D eigenvalue weighted by molar-refractivity contribution is -0.143. The predicted molar refractivity (Wildman–Crippen MR) is 191 cm³/mol. The van der Waals surface area contributed by atoms with Gasteiger partial charge in [-0.2, -0.15) is 0 Å². The maximum absolute atomic E-state index is 14.3. The maximum Gasteiger partial charge on any atom is 0.411 e. The number of alkyl carbamates (subject to hydrolysis) is 1. The van der Waals surface area contributed by atoms with Crippen molar-refractivity contribution in [1.82, 2.24) is 20.3 Å². The number of hydrogen-bond acceptors (Lipinski definition) is 9. The van der Waals surface area contributed by atoms with Crippen molar-refractivity contribution >= 4 is 45.6 Å². The van der Waals surface area contributed by atoms with E-state index in [2.05, 4.69) is 27.3 Å². The van der Waals surface area contributed by atoms with E-state index < -0.39 is 85.8 Å². The highest BCUT2D eigenvalue weighted by molar-refractivity contribution is 7.91. The minimum absolute atomic E-state index is 0.110. The van der Waals surface area contributed by atoms with E-state index >= 15 is 0 Å². The SMILES string of the molecule is C=CC1CC1(NC(=O)C1CC(OC(=O)Nc2c(CC)cccc2CC)CN1C(=O)C(NC(=O)OC(C)(C)C)C(C)(C)C)C(=O)NS(=O)(=O)C1CC1. The smallest absolute Gasteiger partial charge is 0.411 e. The number of ether oxygens (including phenoxy) is 2. The Labute approximate surface area is 300 Å². The third-order valence-corrected chi connectivity index (χ3v) is 11.2. The highest BCUT2D eigenvalue weighted by Gasteiger charge is 2.62. The minimum Gasteiger partial charge on any atom is -0.444 e. The molecule has 4 N–H and O–H groups in total. The van der Waals surface area contributed by atoms with Crippen LogP contribution in [-0.4, -0.2) is 84.3 Å². The Morgan fingerprint density at radius 3 is 2.12 bits per heavy atom. The van der Waals surface area contributed by atoms with Gasteiger partial charge in [-0.05, 0) is 69.4 Å². The Morgan fingerprint density at radius 2 is 1.63 bits per heavy atom. The quantitative estimate of drug-likeness (QED) is 0.231. The number of nitrogens with one attached hydrogen (secondary N) is 4. The second kappa shape index (κ2) is 14.8. The van der Waals surface area contributed by atoms with Crippen LogP contribution in [0.15, 0.2) is 30.9 Å². The van der Waals surface area contributed by atoms with E-state index in [0.29, 0.717) is 31.4 Å². The number of aryl methyl sites for hydroxylation is 2. The normalized spacial score (nSPS) is 23.8. The number of hydrogen-bond donors (Lipinski definition) is 4. The summed E-state index contributed by atoms with van der Waals surface area (Å²) in [6.07, 6.45) is 1.13. The first-order valence-electron chi connectivity index (χ1n) is 17.5. The molecule has 0 spiro atoms. The third-order valence-electron chi connectivity index (χ3n) is 9.37. The van der Waals surface area contributed by atoms with E-state index in [9.17, 15) is 32.4 Å². The van der Waals surface area contributed by atoms with Gasteiger partial charge in [0.25, 0.3) is 5.91 Å². The van der Waals surface area contributed by atoms with Gasteiger partial charge in [0.1, 0.15) is 29.3 Å². The van der Waals surface area contributed by atoms with E-state index in [-0.39, 0.29) is 19.4 Å². The molecule has 0 aromatic heterocycles. The summed E-state index contributed by atoms with van der Waals surface area (Å²) in [5, 5.41) is 7.56. The van der Waals surface area contributed by atoms with Gasteiger partial charge >= 0.3 is 12.2 Å². The summed E-state index contributed by atoms with van der Waals surface area (Å²) in [7, 11) is -3.92. The standard InChI is InChI=1S/C36H53N5O9S/c1-10-21-14-13-15-22(11-2)27(21)37-32(45)49-24-18-26(41(20-24)30(43)28(34(4,5)6)38-33(46)50-35(7,8)9)29(42)39-36(19-23(36)12-3)31(44)40-51(47,48)25-16-17-25/h12-15,23-26,28H,3,10-11,16-20H2,1-2,4-9H3,(H,37,45)(H,38,46)(H,39,42)(H,40,44). The molecule has 2 aliphatic carbocycles. The number of para-hydroxylation sites is 1. The number of carbonyl (C=O) groups is 5. The molecule has 1 aromatic rings. The van der Waals surface area contributed by atoms with Crippen LogP contribution < -0.4 is 20.7 Å². The highest BCUT2D eigenvalue weighted by Crippen LogP contribution is 2.45. The van der Waals surface area contributed by atoms with Crippen LogP contribution in [0.2, 0.25) is 0 Å². The van der Waals surface area contributed by atoms with Gasteiger partial charge in [-0.3, -0.25) is 24.4 Å². The molecule has 0 bridgehead atoms. The average Bonchev–Trinajstić information content (AvgIpc) is 3.95. The second-order valence-corrected chi connectivity index (χ2v) is 17.6. The van der Waals surface area contributed by atoms with E-state index in [1.807, 2.05) is 32.0 Å². The Kier molecular flexibility index (Phi) is 11.5. The summed E-state index contributed by atoms with van der Waals surface area (Å²) in [4.78, 5) is 69.3. The Balaban J connectivity index is 1.61. The topological polar surface area (TPSA) is 189 Å². The largest absolute Gasteiger partial charge is 0.444 e. The number of benzene rings is 1. The van der Waals surface area contributed by atoms with Crippen LogP contribution in [-0.2, 0) is 46.7 Å². The Hall–Kier alpha value is -4.14. The molecule has 14 nitrogen and oxygen atoms in total. The first-order valence-corrected chi connectivity index (χ1v) is 19.1. The van der Waals surface area contributed by atoms with Gasteiger partial charge in [0.2, 0.25) is 21.8 Å². The number of rotatable bonds is 12. The molecule has 5 atom stereocenters. The van der Waals surface area contributed by atoms with E-state index in [0.717, 1.165) is 11.1 Å². The summed E-state index contributed by atoms with van der Waals surface area (Å²) in [6.45, 7) is 17.8. The predicted octanol–water partition coefficient (Wildman–Crippen LogP) is 3.94. The molecular formula is C36H53N5O9S. The summed E-state index contributed by atoms with van der Waals surface area (Å²) in [5.41, 5.74) is -0.818. The average molecular weight is 732 g/mol. The van der Waals surface area contributed by atoms with Gasteiger partial charge in [0.15, 0.2) is 0 Å². The van der Waals surface area contributed by atoms with Gasteiger partial charge in [0.05, 0.1) is 17.5 Å². The molecular weight excluding hydrogens is 678 g/mol. The number of anilines is 1. The molecule has 1 aliphatic heterocycles. The van der Waals surface area contributed by atoms with Gasteiger partial charge in [-0.15, -0.1) is 6.58 Å². The lowest BCUT2D eigenvalue weighted by Gasteiger charge is -2.36. The minimum atomic E-state index is -3.92. The zero-order valence-corrected chi connectivity index (χ0v) is 31.7. The molecule has 4 rings (SSSR count). The highest BCUT2D eigenvalue weighted by atomic mass is 32.2. The van der Waals surface area contributed by atoms with Crippen molar-refractivity contribution in [3.63, 3.8) is 0 Å². The van der Waals surface area contributed by atoms with Crippen LogP contribution in [0.1, 0.15) is 92.2 Å². The third kappa shape index (κ3) is 9.40. The van der Waals surface area contributed by atoms with E-state index in [4.69, 9.17) is 9.47 Å². The molecule has 2 saturated carbocycles. The lowest BCUT2D eigenvalue weighted by atomic mass is 9.85. The maximum atomic E-state index is 14.3. The Morgan fingerprint density at radius 1 is 1.02 bits per heavy atom. The second-order valence-electron chi connectivity index (χ2n) is 15.7. The fraction of sp³-hybridized carbons (Fsp3) is 0.639. The summed E-state index contributed by atoms with van der Waals surface area (Å²) < 4.78 is 38.6. The van der Waals surface area contributed by atoms with Crippen LogP contribution >= 0.6 is 0 Å². The number of likely N-dealkylation sites (tertiary alicyclic amines) is 1. The van der Waals surface area contributed by atoms with Gasteiger partial charge in [0, 0.05) is 12.3 Å². The molecule has 1 saturated heterocycles. The molecule has 0 radical (unpaired) electrons. The van der Waals surface area contributed by atoms with Gasteiger partial charge in [-0.25, -0.2) is 18.0 Å². The van der Waals surface area contributed by atoms with Crippen molar-refractivity contribution in [2.24, 2.45) is 11.3 Å². The van der Waals surface area contributed by atoms with Crippen LogP contribution in [0, 0.1) is 11.3 Å². The van der Waals surface area contributed by atoms with Gasteiger partial charge in [-0.1, -0.05) is 58.9 Å². The van der Waals surface area contributed by atoms with Crippen molar-refractivity contribution in [2.75, 3.05) is 11.9 Å². The zero-order chi connectivity index (χ0) is 38.1. The first kappa shape index (κ1) is 39.6. The number of amides is 5. The van der Waals surface area contributed by atoms with Crippen molar-refractivity contribution in [3.05, 3.63) is 42.0 Å². The van der Waals surface area contributed by atoms with E-state index in [1.54, 1.807) is 41.5 Å². The van der Waals surface area contributed by atoms with Crippen LogP contribution in [0.25, 0.3) is 0 Å². The van der Waals surface area contributed by atoms with Crippen molar-refractivity contribution < 1.29 is 41.9 Å². The first-order chi connectivity index (χ1) is 23.7. The van der Waals surface area contributed by atoms with Crippen LogP contribution in [0.5, 0.6) is 0 Å². The van der Waals surface area contributed by atoms with E-state index in [1.165, 1.54) is 11.0 Å². The molecule has 282 valence electrons. The number of nitrogens with zero attached hydrogens (tertiary/aromatic N) is 1. The number of carbonyl (C=O) groups excluding carboxylic acids is 5. The zero-order valence-electron chi connectivity index (χ0n) is 30.9. The van der Waals surface area contributed by atoms with Gasteiger partial charge < -0.3 is 25.0 Å². The molecule has 1 aromatic carbocycles. The Bertz CT molecular complexity index is 1640. The molecule has 15 heteroatoms. The fourth-order valence-electron chi connectivity index (χ4n) is 6.32.